The zero-order chi connectivity index (χ0) is 90.0. The Morgan fingerprint density at radius 3 is 0.710 bits per heavy atom. The summed E-state index contributed by atoms with van der Waals surface area (Å²) in [7, 11) is -8.55. The van der Waals surface area contributed by atoms with Crippen LogP contribution in [-0.2, 0) is 124 Å². The van der Waals surface area contributed by atoms with Crippen LogP contribution in [0.25, 0.3) is 0 Å². The van der Waals surface area contributed by atoms with Crippen LogP contribution in [-0.4, -0.2) is 367 Å². The molecular weight excluding hydrogens is 1670 g/mol. The number of ketones is 2. The minimum atomic E-state index is -4.05. The third kappa shape index (κ3) is 49.5. The topological polar surface area (TPSA) is 362 Å². The normalized spacial score (nSPS) is 11.8. The Morgan fingerprint density at radius 2 is 0.484 bits per heavy atom. The SMILES string of the molecule is C=C(CS(=O)(=O)c1ccc(C)cc1)C(=O)c1ccc(C(=O)N(CC)CCOCCOCCOCCOCCOCCOCCOCCOCCOCCOC)cc1.CCN(CCOCCOCCOCCOCCOCCOCCOCCOCCOCCOC)C(=O)c1ccc(C(=O)C(CS(=O)(=O)c2ccc(C)cc2)CS(=O)(=O)c2ccc(C)cc2)cc1. The van der Waals surface area contributed by atoms with E-state index in [-0.39, 0.29) is 49.8 Å². The number of carbonyl (C=O) groups is 4. The Morgan fingerprint density at radius 1 is 0.282 bits per heavy atom. The van der Waals surface area contributed by atoms with E-state index in [1.807, 2.05) is 34.6 Å². The summed E-state index contributed by atoms with van der Waals surface area (Å²) in [6.07, 6.45) is 0. The summed E-state index contributed by atoms with van der Waals surface area (Å²) in [6, 6.07) is 30.7. The number of methoxy groups -OCH3 is 2. The molecule has 0 aliphatic carbocycles. The van der Waals surface area contributed by atoms with Crippen molar-refractivity contribution in [3.63, 3.8) is 0 Å². The minimum absolute atomic E-state index is 0.00427. The molecule has 698 valence electrons. The molecule has 0 heterocycles. The van der Waals surface area contributed by atoms with Crippen molar-refractivity contribution in [3.05, 3.63) is 172 Å². The molecule has 32 nitrogen and oxygen atoms in total. The van der Waals surface area contributed by atoms with Crippen LogP contribution in [0.15, 0.2) is 148 Å². The Kier molecular flexibility index (Phi) is 60.3. The van der Waals surface area contributed by atoms with Gasteiger partial charge in [-0.3, -0.25) is 19.2 Å². The third-order valence-electron chi connectivity index (χ3n) is 18.0. The fourth-order valence-corrected chi connectivity index (χ4v) is 15.6. The number of ether oxygens (including phenoxy) is 20. The number of benzene rings is 5. The minimum Gasteiger partial charge on any atom is -0.382 e. The fourth-order valence-electron chi connectivity index (χ4n) is 11.0. The van der Waals surface area contributed by atoms with Gasteiger partial charge in [-0.25, -0.2) is 25.3 Å². The number of carbonyl (C=O) groups excluding carboxylic acids is 4. The number of likely N-dealkylation sites (N-methyl/N-ethyl adjacent to an activating group) is 2. The lowest BCUT2D eigenvalue weighted by Gasteiger charge is -2.21. The van der Waals surface area contributed by atoms with Crippen LogP contribution in [0.4, 0.5) is 0 Å². The number of rotatable bonds is 77. The quantitative estimate of drug-likeness (QED) is 0.0204. The van der Waals surface area contributed by atoms with Gasteiger partial charge in [-0.15, -0.1) is 0 Å². The Hall–Kier alpha value is -6.83. The molecule has 0 aliphatic heterocycles. The molecule has 124 heavy (non-hydrogen) atoms. The van der Waals surface area contributed by atoms with E-state index in [1.165, 1.54) is 72.8 Å². The summed E-state index contributed by atoms with van der Waals surface area (Å²) < 4.78 is 188. The van der Waals surface area contributed by atoms with E-state index in [0.29, 0.717) is 282 Å². The van der Waals surface area contributed by atoms with Crippen LogP contribution in [0.3, 0.4) is 0 Å². The second-order valence-electron chi connectivity index (χ2n) is 27.7. The molecule has 0 aliphatic rings. The van der Waals surface area contributed by atoms with Gasteiger partial charge in [-0.1, -0.05) is 83.9 Å². The van der Waals surface area contributed by atoms with Gasteiger partial charge < -0.3 is 105 Å². The maximum Gasteiger partial charge on any atom is 0.253 e. The predicted octanol–water partition coefficient (Wildman–Crippen LogP) is 7.77. The van der Waals surface area contributed by atoms with Gasteiger partial charge in [0.1, 0.15) is 0 Å². The van der Waals surface area contributed by atoms with Crippen molar-refractivity contribution in [2.75, 3.05) is 309 Å². The van der Waals surface area contributed by atoms with Crippen LogP contribution in [0.2, 0.25) is 0 Å². The molecule has 0 N–H and O–H groups in total. The number of amides is 2. The zero-order valence-electron chi connectivity index (χ0n) is 73.5. The Balaban J connectivity index is 0.000000527. The van der Waals surface area contributed by atoms with Gasteiger partial charge in [0.2, 0.25) is 0 Å². The largest absolute Gasteiger partial charge is 0.382 e. The monoisotopic (exact) mass is 1810 g/mol. The number of sulfone groups is 3. The van der Waals surface area contributed by atoms with Crippen molar-refractivity contribution in [1.82, 2.24) is 9.80 Å². The molecule has 5 aromatic carbocycles. The molecular formula is C89H134N2O30S3. The van der Waals surface area contributed by atoms with E-state index in [4.69, 9.17) is 94.7 Å². The highest BCUT2D eigenvalue weighted by Gasteiger charge is 2.33. The fraction of sp³-hybridized carbons (Fsp3) is 0.596. The van der Waals surface area contributed by atoms with Crippen LogP contribution in [0, 0.1) is 26.7 Å². The van der Waals surface area contributed by atoms with E-state index in [9.17, 15) is 44.4 Å². The van der Waals surface area contributed by atoms with E-state index in [1.54, 1.807) is 72.6 Å². The molecule has 0 aromatic heterocycles. The summed E-state index contributed by atoms with van der Waals surface area (Å²) in [4.78, 5) is 56.6. The molecule has 2 amide bonds. The number of hydrogen-bond donors (Lipinski definition) is 0. The maximum absolute atomic E-state index is 13.9. The molecule has 0 atom stereocenters. The second-order valence-corrected chi connectivity index (χ2v) is 33.7. The van der Waals surface area contributed by atoms with Gasteiger partial charge in [0.05, 0.1) is 289 Å². The van der Waals surface area contributed by atoms with Gasteiger partial charge in [0, 0.05) is 68.2 Å². The van der Waals surface area contributed by atoms with Crippen molar-refractivity contribution >= 4 is 52.9 Å². The van der Waals surface area contributed by atoms with Gasteiger partial charge in [0.25, 0.3) is 11.8 Å². The van der Waals surface area contributed by atoms with E-state index >= 15 is 0 Å². The summed E-state index contributed by atoms with van der Waals surface area (Å²) in [6.45, 7) is 32.1. The first-order chi connectivity index (χ1) is 60.1. The lowest BCUT2D eigenvalue weighted by atomic mass is 9.99. The molecule has 0 saturated carbocycles. The average molecular weight is 1810 g/mol. The summed E-state index contributed by atoms with van der Waals surface area (Å²) >= 11 is 0. The molecule has 0 radical (unpaired) electrons. The lowest BCUT2D eigenvalue weighted by Crippen LogP contribution is -2.34. The van der Waals surface area contributed by atoms with Gasteiger partial charge in [-0.2, -0.15) is 0 Å². The highest BCUT2D eigenvalue weighted by atomic mass is 32.2. The van der Waals surface area contributed by atoms with Gasteiger partial charge in [0.15, 0.2) is 41.1 Å². The van der Waals surface area contributed by atoms with Crippen molar-refractivity contribution in [1.29, 1.82) is 0 Å². The molecule has 0 spiro atoms. The summed E-state index contributed by atoms with van der Waals surface area (Å²) in [5.41, 5.74) is 3.66. The molecule has 0 fully saturated rings. The van der Waals surface area contributed by atoms with Crippen LogP contribution in [0.1, 0.15) is 72.0 Å². The van der Waals surface area contributed by atoms with Gasteiger partial charge >= 0.3 is 0 Å². The zero-order valence-corrected chi connectivity index (χ0v) is 76.0. The molecule has 5 aromatic rings. The predicted molar refractivity (Wildman–Crippen MR) is 466 cm³/mol. The van der Waals surface area contributed by atoms with Gasteiger partial charge in [-0.05, 0) is 95.3 Å². The first-order valence-corrected chi connectivity index (χ1v) is 46.8. The molecule has 5 rings (SSSR count). The van der Waals surface area contributed by atoms with Crippen molar-refractivity contribution in [2.24, 2.45) is 5.92 Å². The lowest BCUT2D eigenvalue weighted by molar-refractivity contribution is -0.0260. The second kappa shape index (κ2) is 68.3. The maximum atomic E-state index is 13.9. The molecule has 0 bridgehead atoms. The first kappa shape index (κ1) is 109. The molecule has 0 saturated heterocycles. The first-order valence-electron chi connectivity index (χ1n) is 41.9. The number of Topliss-reactive ketones (excluding diaryl/α,β-unsaturated/α-hetero) is 2. The van der Waals surface area contributed by atoms with Crippen LogP contribution in [0.5, 0.6) is 0 Å². The Bertz CT molecular complexity index is 3920. The molecule has 0 unspecified atom stereocenters. The van der Waals surface area contributed by atoms with E-state index in [0.717, 1.165) is 16.7 Å². The highest BCUT2D eigenvalue weighted by Crippen LogP contribution is 2.25. The number of hydrogen-bond acceptors (Lipinski definition) is 30. The number of aryl methyl sites for hydroxylation is 3. The Labute approximate surface area is 734 Å². The molecule has 35 heteroatoms. The highest BCUT2D eigenvalue weighted by molar-refractivity contribution is 7.92. The summed E-state index contributed by atoms with van der Waals surface area (Å²) in [5, 5.41) is 0. The van der Waals surface area contributed by atoms with Crippen molar-refractivity contribution in [3.8, 4) is 0 Å². The standard InChI is InChI=1S/C48H71NO16S2.C41H63NO14S/c1-5-49(18-19-57-22-23-59-26-27-61-30-31-63-34-35-65-37-36-64-33-32-62-29-28-60-25-24-58-21-20-56-4)48(51)43-12-10-42(11-13-43)47(50)44(38-66(52,53)45-14-6-40(2)7-15-45)39-67(54,55)46-16-8-41(3)9-17-46;1-5-42(41(44)38-10-8-37(9-11-38)40(43)36(3)34-57(45,46)39-12-6-35(2)7-13-39)14-15-48-18-19-50-22-23-52-26-27-54-30-31-56-33-32-55-29-28-53-25-24-51-21-20-49-17-16-47-4/h6-17,44H,5,18-39H2,1-4H3;6-13H,3,5,14-34H2,1-2,4H3. The van der Waals surface area contributed by atoms with E-state index in [2.05, 4.69) is 6.58 Å². The van der Waals surface area contributed by atoms with E-state index < -0.39 is 64.3 Å². The van der Waals surface area contributed by atoms with Crippen LogP contribution < -0.4 is 0 Å². The summed E-state index contributed by atoms with van der Waals surface area (Å²) in [5.74, 6) is -4.95. The average Bonchev–Trinajstić information content (AvgIpc) is 0.803. The van der Waals surface area contributed by atoms with Crippen molar-refractivity contribution in [2.45, 2.75) is 49.3 Å². The van der Waals surface area contributed by atoms with Crippen LogP contribution >= 0.6 is 0 Å². The third-order valence-corrected chi connectivity index (χ3v) is 23.4. The smallest absolute Gasteiger partial charge is 0.253 e. The van der Waals surface area contributed by atoms with Crippen molar-refractivity contribution < 1.29 is 139 Å². The number of nitrogens with zero attached hydrogens (tertiary/aromatic N) is 2.